The standard InChI is InChI=1S/C5H4O2P/c6-5-1-3-8(7)4-2-5/h1-4H/q+1. The van der Waals surface area contributed by atoms with E-state index in [2.05, 4.69) is 0 Å². The van der Waals surface area contributed by atoms with Crippen LogP contribution in [-0.2, 0) is 9.36 Å². The van der Waals surface area contributed by atoms with Gasteiger partial charge in [0.05, 0.1) is 0 Å². The van der Waals surface area contributed by atoms with Gasteiger partial charge in [-0.25, -0.2) is 0 Å². The van der Waals surface area contributed by atoms with Crippen LogP contribution in [-0.4, -0.2) is 5.78 Å². The topological polar surface area (TPSA) is 34.1 Å². The van der Waals surface area contributed by atoms with E-state index in [1.165, 1.54) is 23.8 Å². The van der Waals surface area contributed by atoms with Crippen LogP contribution in [0, 0.1) is 0 Å². The molecule has 0 atom stereocenters. The summed E-state index contributed by atoms with van der Waals surface area (Å²) in [4.78, 5) is 10.3. The maximum Gasteiger partial charge on any atom is 0.400 e. The van der Waals surface area contributed by atoms with Crippen molar-refractivity contribution in [1.29, 1.82) is 0 Å². The van der Waals surface area contributed by atoms with E-state index in [0.29, 0.717) is 0 Å². The molecule has 1 aliphatic heterocycles. The van der Waals surface area contributed by atoms with Gasteiger partial charge in [-0.3, -0.25) is 4.79 Å². The van der Waals surface area contributed by atoms with Gasteiger partial charge in [0.1, 0.15) is 0 Å². The molecule has 0 aromatic heterocycles. The fourth-order valence-corrected chi connectivity index (χ4v) is 1.09. The highest BCUT2D eigenvalue weighted by Gasteiger charge is 2.10. The lowest BCUT2D eigenvalue weighted by Gasteiger charge is -1.77. The van der Waals surface area contributed by atoms with Gasteiger partial charge in [0.2, 0.25) is 0 Å². The molecule has 0 N–H and O–H groups in total. The molecule has 0 aromatic carbocycles. The van der Waals surface area contributed by atoms with Gasteiger partial charge in [0.15, 0.2) is 17.4 Å². The molecular weight excluding hydrogens is 123 g/mol. The lowest BCUT2D eigenvalue weighted by Crippen LogP contribution is -1.84. The summed E-state index contributed by atoms with van der Waals surface area (Å²) in [5, 5.41) is 0. The van der Waals surface area contributed by atoms with E-state index in [-0.39, 0.29) is 5.78 Å². The zero-order valence-corrected chi connectivity index (χ0v) is 4.97. The molecule has 0 amide bonds. The third-order valence-corrected chi connectivity index (χ3v) is 1.66. The Morgan fingerprint density at radius 1 is 1.25 bits per heavy atom. The summed E-state index contributed by atoms with van der Waals surface area (Å²) < 4.78 is 10.4. The van der Waals surface area contributed by atoms with Crippen molar-refractivity contribution in [2.45, 2.75) is 0 Å². The second-order valence-electron chi connectivity index (χ2n) is 1.39. The molecule has 2 nitrogen and oxygen atoms in total. The monoisotopic (exact) mass is 127 g/mol. The van der Waals surface area contributed by atoms with Gasteiger partial charge in [-0.1, -0.05) is 4.57 Å². The van der Waals surface area contributed by atoms with E-state index in [1.54, 1.807) is 0 Å². The van der Waals surface area contributed by atoms with Crippen LogP contribution in [0.15, 0.2) is 23.8 Å². The van der Waals surface area contributed by atoms with Crippen LogP contribution >= 0.6 is 7.80 Å². The fourth-order valence-electron chi connectivity index (χ4n) is 0.399. The number of rotatable bonds is 0. The van der Waals surface area contributed by atoms with Crippen LogP contribution in [0.25, 0.3) is 0 Å². The van der Waals surface area contributed by atoms with Gasteiger partial charge in [-0.05, 0) is 0 Å². The Morgan fingerprint density at radius 3 is 2.12 bits per heavy atom. The molecule has 0 aliphatic carbocycles. The summed E-state index contributed by atoms with van der Waals surface area (Å²) in [7, 11) is -1.35. The van der Waals surface area contributed by atoms with Crippen molar-refractivity contribution in [3.63, 3.8) is 0 Å². The third kappa shape index (κ3) is 1.11. The van der Waals surface area contributed by atoms with Crippen LogP contribution in [0.4, 0.5) is 0 Å². The number of hydrogen-bond acceptors (Lipinski definition) is 2. The minimum absolute atomic E-state index is 0.0837. The highest BCUT2D eigenvalue weighted by molar-refractivity contribution is 7.51. The minimum Gasteiger partial charge on any atom is -0.290 e. The largest absolute Gasteiger partial charge is 0.400 e. The summed E-state index contributed by atoms with van der Waals surface area (Å²) in [5.41, 5.74) is 0. The van der Waals surface area contributed by atoms with E-state index in [9.17, 15) is 9.36 Å². The zero-order valence-electron chi connectivity index (χ0n) is 4.07. The molecule has 0 unspecified atom stereocenters. The van der Waals surface area contributed by atoms with E-state index >= 15 is 0 Å². The number of allylic oxidation sites excluding steroid dienone is 2. The van der Waals surface area contributed by atoms with Gasteiger partial charge in [0, 0.05) is 12.2 Å². The third-order valence-electron chi connectivity index (χ3n) is 0.771. The molecule has 1 rings (SSSR count). The molecule has 3 heteroatoms. The molecule has 1 heterocycles. The quantitative estimate of drug-likeness (QED) is 0.461. The van der Waals surface area contributed by atoms with Crippen molar-refractivity contribution in [2.75, 3.05) is 0 Å². The van der Waals surface area contributed by atoms with E-state index in [1.807, 2.05) is 0 Å². The van der Waals surface area contributed by atoms with Crippen LogP contribution in [0.5, 0.6) is 0 Å². The summed E-state index contributed by atoms with van der Waals surface area (Å²) >= 11 is 0. The molecule has 1 aliphatic rings. The molecule has 0 saturated carbocycles. The lowest BCUT2D eigenvalue weighted by atomic mass is 10.4. The maximum absolute atomic E-state index is 10.4. The number of carbonyl (C=O) groups excluding carboxylic acids is 1. The fraction of sp³-hybridized carbons (Fsp3) is 0. The number of hydrogen-bond donors (Lipinski definition) is 0. The Kier molecular flexibility index (Phi) is 1.36. The Bertz CT molecular complexity index is 153. The molecule has 40 valence electrons. The van der Waals surface area contributed by atoms with Gasteiger partial charge in [-0.2, -0.15) is 0 Å². The average molecular weight is 127 g/mol. The van der Waals surface area contributed by atoms with Crippen molar-refractivity contribution in [3.05, 3.63) is 23.8 Å². The number of ketones is 1. The summed E-state index contributed by atoms with van der Waals surface area (Å²) in [6, 6.07) is 0. The maximum atomic E-state index is 10.4. The first kappa shape index (κ1) is 5.39. The minimum atomic E-state index is -1.35. The molecule has 0 fully saturated rings. The van der Waals surface area contributed by atoms with E-state index in [4.69, 9.17) is 0 Å². The Morgan fingerprint density at radius 2 is 1.75 bits per heavy atom. The van der Waals surface area contributed by atoms with Crippen molar-refractivity contribution >= 4 is 13.6 Å². The normalized spacial score (nSPS) is 17.5. The summed E-state index contributed by atoms with van der Waals surface area (Å²) in [5.74, 6) is 2.72. The molecule has 8 heavy (non-hydrogen) atoms. The average Bonchev–Trinajstić information content (AvgIpc) is 1.77. The zero-order chi connectivity index (χ0) is 5.98. The van der Waals surface area contributed by atoms with Crippen LogP contribution in [0.3, 0.4) is 0 Å². The van der Waals surface area contributed by atoms with Crippen molar-refractivity contribution in [2.24, 2.45) is 0 Å². The van der Waals surface area contributed by atoms with Gasteiger partial charge < -0.3 is 0 Å². The SMILES string of the molecule is O=C1C=C[P+](=O)C=C1. The van der Waals surface area contributed by atoms with Crippen LogP contribution < -0.4 is 0 Å². The Hall–Kier alpha value is -0.750. The first-order valence-corrected chi connectivity index (χ1v) is 3.55. The van der Waals surface area contributed by atoms with Gasteiger partial charge >= 0.3 is 7.80 Å². The van der Waals surface area contributed by atoms with Gasteiger partial charge in [-0.15, -0.1) is 0 Å². The van der Waals surface area contributed by atoms with E-state index < -0.39 is 7.80 Å². The molecule has 0 bridgehead atoms. The van der Waals surface area contributed by atoms with E-state index in [0.717, 1.165) is 0 Å². The molecule has 0 radical (unpaired) electrons. The highest BCUT2D eigenvalue weighted by atomic mass is 31.1. The van der Waals surface area contributed by atoms with Crippen LogP contribution in [0.2, 0.25) is 0 Å². The smallest absolute Gasteiger partial charge is 0.290 e. The molecule has 0 saturated heterocycles. The molecule has 0 aromatic rings. The van der Waals surface area contributed by atoms with Gasteiger partial charge in [0.25, 0.3) is 0 Å². The second kappa shape index (κ2) is 2.01. The Balaban J connectivity index is 2.83. The first-order chi connectivity index (χ1) is 3.79. The molecular formula is C5H4O2P+. The predicted molar refractivity (Wildman–Crippen MR) is 30.9 cm³/mol. The summed E-state index contributed by atoms with van der Waals surface area (Å²) in [6.07, 6.45) is 2.64. The Labute approximate surface area is 47.7 Å². The molecule has 0 spiro atoms. The van der Waals surface area contributed by atoms with Crippen molar-refractivity contribution in [3.8, 4) is 0 Å². The van der Waals surface area contributed by atoms with Crippen LogP contribution in [0.1, 0.15) is 0 Å². The predicted octanol–water partition coefficient (Wildman–Crippen LogP) is 1.42. The highest BCUT2D eigenvalue weighted by Crippen LogP contribution is 2.26. The number of carbonyl (C=O) groups is 1. The first-order valence-electron chi connectivity index (χ1n) is 2.15. The second-order valence-corrected chi connectivity index (χ2v) is 2.71. The van der Waals surface area contributed by atoms with Crippen molar-refractivity contribution < 1.29 is 9.36 Å². The summed E-state index contributed by atoms with van der Waals surface area (Å²) in [6.45, 7) is 0. The lowest BCUT2D eigenvalue weighted by molar-refractivity contribution is -0.110. The van der Waals surface area contributed by atoms with Crippen molar-refractivity contribution in [1.82, 2.24) is 0 Å².